The van der Waals surface area contributed by atoms with Crippen molar-refractivity contribution < 1.29 is 37.6 Å². The average molecular weight is 887 g/mol. The second-order valence-electron chi connectivity index (χ2n) is 14.7. The molecule has 8 rings (SSSR count). The van der Waals surface area contributed by atoms with Crippen LogP contribution < -0.4 is 60.2 Å². The van der Waals surface area contributed by atoms with E-state index in [9.17, 15) is 0 Å². The Morgan fingerprint density at radius 3 is 0.688 bits per heavy atom. The molecule has 0 aliphatic rings. The van der Waals surface area contributed by atoms with Crippen LogP contribution in [0.3, 0.4) is 0 Å². The first-order chi connectivity index (χ1) is 31.3. The summed E-state index contributed by atoms with van der Waals surface area (Å²) in [5.41, 5.74) is 2.92. The Morgan fingerprint density at radius 2 is 0.469 bits per heavy atom. The lowest BCUT2D eigenvalue weighted by Crippen LogP contribution is -2.32. The van der Waals surface area contributed by atoms with Crippen LogP contribution in [0.2, 0.25) is 0 Å². The summed E-state index contributed by atoms with van der Waals surface area (Å²) in [4.78, 5) is 0. The van der Waals surface area contributed by atoms with Gasteiger partial charge >= 0.3 is 0 Å². The van der Waals surface area contributed by atoms with Gasteiger partial charge in [0.25, 0.3) is 0 Å². The molecule has 0 aromatic heterocycles. The van der Waals surface area contributed by atoms with Crippen molar-refractivity contribution in [3.05, 3.63) is 182 Å². The predicted molar refractivity (Wildman–Crippen MR) is 261 cm³/mol. The molecule has 0 unspecified atom stereocenters. The Bertz CT molecular complexity index is 2690. The molecule has 0 amide bonds. The number of benzene rings is 8. The third-order valence-corrected chi connectivity index (χ3v) is 17.6. The van der Waals surface area contributed by atoms with E-state index in [1.807, 2.05) is 182 Å². The second kappa shape index (κ2) is 18.8. The normalized spacial score (nSPS) is 11.4. The van der Waals surface area contributed by atoms with Crippen LogP contribution in [0.5, 0.6) is 34.5 Å². The molecule has 322 valence electrons. The van der Waals surface area contributed by atoms with Crippen molar-refractivity contribution in [1.29, 1.82) is 0 Å². The summed E-state index contributed by atoms with van der Waals surface area (Å²) in [5, 5.41) is 2.81. The van der Waals surface area contributed by atoms with Crippen LogP contribution in [-0.2, 0) is 9.13 Å². The van der Waals surface area contributed by atoms with E-state index in [-0.39, 0.29) is 34.5 Å². The largest absolute Gasteiger partial charge is 0.492 e. The summed E-state index contributed by atoms with van der Waals surface area (Å²) in [6.45, 7) is 0. The molecule has 0 bridgehead atoms. The molecule has 0 radical (unpaired) electrons. The minimum absolute atomic E-state index is 0.166. The zero-order valence-electron chi connectivity index (χ0n) is 36.5. The molecule has 0 fully saturated rings. The Kier molecular flexibility index (Phi) is 12.8. The van der Waals surface area contributed by atoms with Gasteiger partial charge in [-0.3, -0.25) is 0 Å². The van der Waals surface area contributed by atoms with E-state index in [4.69, 9.17) is 28.4 Å². The molecule has 0 spiro atoms. The third-order valence-electron chi connectivity index (χ3n) is 11.4. The van der Waals surface area contributed by atoms with Crippen LogP contribution >= 0.6 is 14.3 Å². The van der Waals surface area contributed by atoms with E-state index in [0.29, 0.717) is 65.2 Å². The highest BCUT2D eigenvalue weighted by atomic mass is 31.2. The fourth-order valence-electron chi connectivity index (χ4n) is 8.70. The lowest BCUT2D eigenvalue weighted by molar-refractivity contribution is 0.323. The highest BCUT2D eigenvalue weighted by Crippen LogP contribution is 2.63. The van der Waals surface area contributed by atoms with Gasteiger partial charge in [-0.05, 0) is 11.1 Å². The summed E-state index contributed by atoms with van der Waals surface area (Å²) in [6.07, 6.45) is 0. The summed E-state index contributed by atoms with van der Waals surface area (Å²) in [7, 11) is 1.03. The number of rotatable bonds is 15. The Morgan fingerprint density at radius 1 is 0.266 bits per heavy atom. The summed E-state index contributed by atoms with van der Waals surface area (Å²) < 4.78 is 73.7. The first-order valence-corrected chi connectivity index (χ1v) is 24.0. The number of methoxy groups -OCH3 is 6. The zero-order valence-corrected chi connectivity index (χ0v) is 38.3. The van der Waals surface area contributed by atoms with Crippen LogP contribution in [0.4, 0.5) is 0 Å². The lowest BCUT2D eigenvalue weighted by atomic mass is 9.91. The predicted octanol–water partition coefficient (Wildman–Crippen LogP) is 10.0. The Labute approximate surface area is 374 Å². The van der Waals surface area contributed by atoms with E-state index >= 15 is 9.13 Å². The van der Waals surface area contributed by atoms with Crippen LogP contribution in [0.15, 0.2) is 182 Å². The molecule has 0 atom stereocenters. The van der Waals surface area contributed by atoms with Gasteiger partial charge < -0.3 is 37.6 Å². The summed E-state index contributed by atoms with van der Waals surface area (Å²) >= 11 is 0. The maximum atomic E-state index is 17.6. The molecule has 0 heterocycles. The van der Waals surface area contributed by atoms with Crippen LogP contribution in [0.1, 0.15) is 0 Å². The summed E-state index contributed by atoms with van der Waals surface area (Å²) in [6, 6.07) is 56.8. The van der Waals surface area contributed by atoms with E-state index < -0.39 is 14.3 Å². The molecule has 0 aliphatic heterocycles. The van der Waals surface area contributed by atoms with Gasteiger partial charge in [-0.1, -0.05) is 182 Å². The maximum absolute atomic E-state index is 17.6. The number of hydrogen-bond acceptors (Lipinski definition) is 8. The topological polar surface area (TPSA) is 89.5 Å². The molecule has 64 heavy (non-hydrogen) atoms. The van der Waals surface area contributed by atoms with Gasteiger partial charge in [0.1, 0.15) is 0 Å². The van der Waals surface area contributed by atoms with Gasteiger partial charge in [0.05, 0.1) is 42.7 Å². The van der Waals surface area contributed by atoms with E-state index in [0.717, 1.165) is 0 Å². The lowest BCUT2D eigenvalue weighted by Gasteiger charge is -2.34. The van der Waals surface area contributed by atoms with Gasteiger partial charge in [-0.2, -0.15) is 0 Å². The van der Waals surface area contributed by atoms with Gasteiger partial charge in [0, 0.05) is 54.1 Å². The van der Waals surface area contributed by atoms with Crippen LogP contribution in [0.25, 0.3) is 33.4 Å². The fraction of sp³-hybridized carbons (Fsp3) is 0.111. The summed E-state index contributed by atoms with van der Waals surface area (Å²) in [5.74, 6) is 1.34. The molecular formula is C54H48O8P2. The van der Waals surface area contributed by atoms with E-state index in [1.165, 1.54) is 28.4 Å². The molecule has 0 saturated heterocycles. The van der Waals surface area contributed by atoms with Gasteiger partial charge in [0.2, 0.25) is 11.5 Å². The molecule has 8 aromatic carbocycles. The third kappa shape index (κ3) is 7.23. The smallest absolute Gasteiger partial charge is 0.204 e. The highest BCUT2D eigenvalue weighted by Gasteiger charge is 2.46. The average Bonchev–Trinajstić information content (AvgIpc) is 3.37. The molecule has 8 aromatic rings. The Hall–Kier alpha value is -6.98. The number of hydrogen-bond donors (Lipinski definition) is 0. The number of ether oxygens (including phenoxy) is 6. The van der Waals surface area contributed by atoms with Crippen molar-refractivity contribution in [1.82, 2.24) is 0 Å². The molecule has 0 saturated carbocycles. The maximum Gasteiger partial charge on any atom is 0.204 e. The quantitative estimate of drug-likeness (QED) is 0.0941. The Balaban J connectivity index is 1.80. The van der Waals surface area contributed by atoms with Crippen molar-refractivity contribution in [3.8, 4) is 67.9 Å². The molecule has 0 aliphatic carbocycles. The molecular weight excluding hydrogens is 839 g/mol. The second-order valence-corrected chi connectivity index (χ2v) is 20.1. The fourth-order valence-corrected chi connectivity index (χ4v) is 14.8. The minimum Gasteiger partial charge on any atom is -0.492 e. The standard InChI is InChI=1S/C54H48O8P2/c1-57-47-43(37-25-13-7-14-26-37)53(63(55,39-29-17-9-18-30-39)40-31-19-10-20-32-40)45(49(59-3)51(47)61-5)46-50(60-4)52(62-6)48(58-2)44(38-27-15-8-16-28-38)54(46)64(56,41-33-21-11-22-34-41)42-35-23-12-24-36-42/h7-36H,1-6H3. The van der Waals surface area contributed by atoms with Gasteiger partial charge in [0.15, 0.2) is 37.3 Å². The van der Waals surface area contributed by atoms with Gasteiger partial charge in [-0.25, -0.2) is 0 Å². The van der Waals surface area contributed by atoms with Gasteiger partial charge in [-0.15, -0.1) is 0 Å². The van der Waals surface area contributed by atoms with Crippen molar-refractivity contribution in [2.24, 2.45) is 0 Å². The van der Waals surface area contributed by atoms with Crippen molar-refractivity contribution in [3.63, 3.8) is 0 Å². The SMILES string of the molecule is COc1c(OC)c(-c2ccccc2)c(P(=O)(c2ccccc2)c2ccccc2)c(-c2c(OC)c(OC)c(OC)c(-c3ccccc3)c2P(=O)(c2ccccc2)c2ccccc2)c1OC. The molecule has 0 N–H and O–H groups in total. The van der Waals surface area contributed by atoms with Crippen LogP contribution in [-0.4, -0.2) is 42.7 Å². The molecule has 10 heteroatoms. The zero-order chi connectivity index (χ0) is 44.8. The van der Waals surface area contributed by atoms with E-state index in [2.05, 4.69) is 0 Å². The van der Waals surface area contributed by atoms with Crippen molar-refractivity contribution >= 4 is 46.1 Å². The van der Waals surface area contributed by atoms with Crippen molar-refractivity contribution in [2.75, 3.05) is 42.7 Å². The molecule has 8 nitrogen and oxygen atoms in total. The monoisotopic (exact) mass is 886 g/mol. The van der Waals surface area contributed by atoms with E-state index in [1.54, 1.807) is 14.2 Å². The van der Waals surface area contributed by atoms with Crippen molar-refractivity contribution in [2.45, 2.75) is 0 Å². The first-order valence-electron chi connectivity index (χ1n) is 20.6. The first kappa shape index (κ1) is 43.7. The van der Waals surface area contributed by atoms with Crippen LogP contribution in [0, 0.1) is 0 Å². The minimum atomic E-state index is -4.10. The highest BCUT2D eigenvalue weighted by molar-refractivity contribution is 7.86.